The van der Waals surface area contributed by atoms with Gasteiger partial charge < -0.3 is 4.74 Å². The number of aromatic nitrogens is 3. The zero-order chi connectivity index (χ0) is 13.7. The lowest BCUT2D eigenvalue weighted by atomic mass is 10.3. The molecule has 0 amide bonds. The van der Waals surface area contributed by atoms with Crippen LogP contribution in [0.5, 0.6) is 0 Å². The maximum absolute atomic E-state index is 11.5. The van der Waals surface area contributed by atoms with Crippen molar-refractivity contribution in [2.75, 3.05) is 6.61 Å². The summed E-state index contributed by atoms with van der Waals surface area (Å²) in [6.07, 6.45) is 5.00. The fourth-order valence-electron chi connectivity index (χ4n) is 1.30. The van der Waals surface area contributed by atoms with Crippen LogP contribution in [0.4, 0.5) is 0 Å². The molecule has 2 aromatic rings. The zero-order valence-electron chi connectivity index (χ0n) is 10.7. The Labute approximate surface area is 115 Å². The average Bonchev–Trinajstić information content (AvgIpc) is 2.42. The Morgan fingerprint density at radius 1 is 1.21 bits per heavy atom. The minimum absolute atomic E-state index is 0.354. The number of aryl methyl sites for hydroxylation is 1. The van der Waals surface area contributed by atoms with Crippen molar-refractivity contribution >= 4 is 17.7 Å². The molecule has 0 saturated carbocycles. The third kappa shape index (κ3) is 3.75. The van der Waals surface area contributed by atoms with Gasteiger partial charge in [-0.1, -0.05) is 0 Å². The van der Waals surface area contributed by atoms with Crippen molar-refractivity contribution in [1.29, 1.82) is 0 Å². The van der Waals surface area contributed by atoms with Crippen LogP contribution < -0.4 is 0 Å². The quantitative estimate of drug-likeness (QED) is 0.631. The molecule has 0 fully saturated rings. The minimum atomic E-state index is -0.363. The summed E-state index contributed by atoms with van der Waals surface area (Å²) >= 11 is 1.34. The SMILES string of the molecule is CCOC(=O)c1ccc(Sc2ncc(C)cn2)nc1. The Hall–Kier alpha value is -1.95. The minimum Gasteiger partial charge on any atom is -0.462 e. The molecule has 6 heteroatoms. The predicted octanol–water partition coefficient (Wildman–Crippen LogP) is 2.51. The summed E-state index contributed by atoms with van der Waals surface area (Å²) in [7, 11) is 0. The highest BCUT2D eigenvalue weighted by molar-refractivity contribution is 7.99. The van der Waals surface area contributed by atoms with Gasteiger partial charge in [-0.15, -0.1) is 0 Å². The van der Waals surface area contributed by atoms with Crippen molar-refractivity contribution in [2.24, 2.45) is 0 Å². The van der Waals surface area contributed by atoms with E-state index in [9.17, 15) is 4.79 Å². The monoisotopic (exact) mass is 275 g/mol. The van der Waals surface area contributed by atoms with E-state index in [-0.39, 0.29) is 5.97 Å². The molecule has 0 aromatic carbocycles. The topological polar surface area (TPSA) is 65.0 Å². The molecule has 0 bridgehead atoms. The smallest absolute Gasteiger partial charge is 0.339 e. The van der Waals surface area contributed by atoms with Crippen LogP contribution in [0.1, 0.15) is 22.8 Å². The molecular weight excluding hydrogens is 262 g/mol. The average molecular weight is 275 g/mol. The highest BCUT2D eigenvalue weighted by Gasteiger charge is 2.07. The number of ether oxygens (including phenoxy) is 1. The standard InChI is InChI=1S/C13H13N3O2S/c1-3-18-12(17)10-4-5-11(14-8-10)19-13-15-6-9(2)7-16-13/h4-8H,3H2,1-2H3. The molecule has 0 unspecified atom stereocenters. The molecule has 0 atom stereocenters. The van der Waals surface area contributed by atoms with Gasteiger partial charge in [0.25, 0.3) is 0 Å². The number of carbonyl (C=O) groups excluding carboxylic acids is 1. The highest BCUT2D eigenvalue weighted by atomic mass is 32.2. The molecule has 0 saturated heterocycles. The van der Waals surface area contributed by atoms with E-state index in [2.05, 4.69) is 15.0 Å². The summed E-state index contributed by atoms with van der Waals surface area (Å²) in [5, 5.41) is 1.36. The first kappa shape index (κ1) is 13.5. The normalized spacial score (nSPS) is 10.2. The molecule has 2 rings (SSSR count). The third-order valence-electron chi connectivity index (χ3n) is 2.20. The lowest BCUT2D eigenvalue weighted by molar-refractivity contribution is 0.0525. The molecule has 2 heterocycles. The van der Waals surface area contributed by atoms with Crippen LogP contribution in [0.15, 0.2) is 40.9 Å². The fourth-order valence-corrected chi connectivity index (χ4v) is 1.94. The molecule has 2 aromatic heterocycles. The molecule has 0 radical (unpaired) electrons. The van der Waals surface area contributed by atoms with Crippen LogP contribution in [0.25, 0.3) is 0 Å². The maximum atomic E-state index is 11.5. The predicted molar refractivity (Wildman–Crippen MR) is 71.1 cm³/mol. The second-order valence-electron chi connectivity index (χ2n) is 3.75. The maximum Gasteiger partial charge on any atom is 0.339 e. The number of rotatable bonds is 4. The van der Waals surface area contributed by atoms with Gasteiger partial charge in [0, 0.05) is 18.6 Å². The number of esters is 1. The van der Waals surface area contributed by atoms with Gasteiger partial charge in [0.15, 0.2) is 5.16 Å². The molecule has 0 aliphatic heterocycles. The van der Waals surface area contributed by atoms with Gasteiger partial charge in [0.2, 0.25) is 0 Å². The Kier molecular flexibility index (Phi) is 4.46. The number of pyridine rings is 1. The third-order valence-corrected chi connectivity index (χ3v) is 3.04. The van der Waals surface area contributed by atoms with Gasteiger partial charge in [-0.05, 0) is 43.3 Å². The summed E-state index contributed by atoms with van der Waals surface area (Å²) in [6.45, 7) is 4.05. The van der Waals surface area contributed by atoms with Crippen molar-refractivity contribution in [2.45, 2.75) is 24.0 Å². The summed E-state index contributed by atoms with van der Waals surface area (Å²) in [6, 6.07) is 3.43. The molecule has 5 nitrogen and oxygen atoms in total. The summed E-state index contributed by atoms with van der Waals surface area (Å²) < 4.78 is 4.89. The summed E-state index contributed by atoms with van der Waals surface area (Å²) in [5.41, 5.74) is 1.45. The molecule has 98 valence electrons. The van der Waals surface area contributed by atoms with E-state index in [1.54, 1.807) is 31.5 Å². The van der Waals surface area contributed by atoms with E-state index < -0.39 is 0 Å². The van der Waals surface area contributed by atoms with Gasteiger partial charge in [-0.25, -0.2) is 19.7 Å². The largest absolute Gasteiger partial charge is 0.462 e. The van der Waals surface area contributed by atoms with Crippen LogP contribution in [0, 0.1) is 6.92 Å². The van der Waals surface area contributed by atoms with Crippen LogP contribution in [-0.4, -0.2) is 27.5 Å². The van der Waals surface area contributed by atoms with Crippen LogP contribution in [-0.2, 0) is 4.74 Å². The molecule has 0 spiro atoms. The number of carbonyl (C=O) groups is 1. The van der Waals surface area contributed by atoms with Crippen molar-refractivity contribution in [3.05, 3.63) is 41.9 Å². The Bertz CT molecular complexity index is 555. The van der Waals surface area contributed by atoms with E-state index in [1.807, 2.05) is 6.92 Å². The number of hydrogen-bond acceptors (Lipinski definition) is 6. The first-order valence-electron chi connectivity index (χ1n) is 5.78. The molecular formula is C13H13N3O2S. The first-order chi connectivity index (χ1) is 9.19. The highest BCUT2D eigenvalue weighted by Crippen LogP contribution is 2.22. The molecule has 0 aliphatic carbocycles. The fraction of sp³-hybridized carbons (Fsp3) is 0.231. The van der Waals surface area contributed by atoms with Crippen molar-refractivity contribution in [3.8, 4) is 0 Å². The van der Waals surface area contributed by atoms with E-state index in [4.69, 9.17) is 4.74 Å². The van der Waals surface area contributed by atoms with E-state index in [1.165, 1.54) is 18.0 Å². The van der Waals surface area contributed by atoms with Crippen molar-refractivity contribution < 1.29 is 9.53 Å². The van der Waals surface area contributed by atoms with Gasteiger partial charge in [0.05, 0.1) is 12.2 Å². The van der Waals surface area contributed by atoms with E-state index in [0.717, 1.165) is 10.6 Å². The van der Waals surface area contributed by atoms with E-state index in [0.29, 0.717) is 17.3 Å². The Morgan fingerprint density at radius 2 is 1.95 bits per heavy atom. The van der Waals surface area contributed by atoms with Crippen LogP contribution in [0.2, 0.25) is 0 Å². The number of hydrogen-bond donors (Lipinski definition) is 0. The molecule has 0 N–H and O–H groups in total. The number of nitrogens with zero attached hydrogens (tertiary/aromatic N) is 3. The summed E-state index contributed by atoms with van der Waals surface area (Å²) in [4.78, 5) is 24.0. The second-order valence-corrected chi connectivity index (χ2v) is 4.74. The van der Waals surface area contributed by atoms with Gasteiger partial charge in [-0.3, -0.25) is 0 Å². The Morgan fingerprint density at radius 3 is 2.53 bits per heavy atom. The van der Waals surface area contributed by atoms with Gasteiger partial charge >= 0.3 is 5.97 Å². The van der Waals surface area contributed by atoms with Crippen molar-refractivity contribution in [1.82, 2.24) is 15.0 Å². The van der Waals surface area contributed by atoms with E-state index >= 15 is 0 Å². The lowest BCUT2D eigenvalue weighted by Crippen LogP contribution is -2.04. The first-order valence-corrected chi connectivity index (χ1v) is 6.60. The van der Waals surface area contributed by atoms with Gasteiger partial charge in [-0.2, -0.15) is 0 Å². The zero-order valence-corrected chi connectivity index (χ0v) is 11.5. The summed E-state index contributed by atoms with van der Waals surface area (Å²) in [5.74, 6) is -0.363. The molecule has 0 aliphatic rings. The van der Waals surface area contributed by atoms with Crippen LogP contribution >= 0.6 is 11.8 Å². The second kappa shape index (κ2) is 6.29. The van der Waals surface area contributed by atoms with Gasteiger partial charge in [0.1, 0.15) is 5.03 Å². The Balaban J connectivity index is 2.06. The van der Waals surface area contributed by atoms with Crippen LogP contribution in [0.3, 0.4) is 0 Å². The lowest BCUT2D eigenvalue weighted by Gasteiger charge is -2.02. The van der Waals surface area contributed by atoms with Crippen molar-refractivity contribution in [3.63, 3.8) is 0 Å². The molecule has 19 heavy (non-hydrogen) atoms.